The fraction of sp³-hybridized carbons (Fsp3) is 0.398. The maximum absolute atomic E-state index is 12.3. The van der Waals surface area contributed by atoms with Gasteiger partial charge < -0.3 is 75.8 Å². The molecule has 6 aromatic carbocycles. The number of aliphatic hydroxyl groups excluding tert-OH is 3. The zero-order valence-corrected chi connectivity index (χ0v) is 72.1. The van der Waals surface area contributed by atoms with Crippen molar-refractivity contribution in [3.05, 3.63) is 233 Å². The lowest BCUT2D eigenvalue weighted by Gasteiger charge is -2.27. The second-order valence-electron chi connectivity index (χ2n) is 30.7. The molecule has 10 unspecified atom stereocenters. The minimum absolute atomic E-state index is 0. The molecule has 4 heterocycles. The number of H-pyrrole nitrogens is 3. The molecule has 4 amide bonds. The molecular formula is C83H106ClN21O17S. The molecule has 0 spiro atoms. The second kappa shape index (κ2) is 51.3. The van der Waals surface area contributed by atoms with Crippen LogP contribution in [-0.2, 0) is 70.1 Å². The summed E-state index contributed by atoms with van der Waals surface area (Å²) in [5.74, 6) is -1.65. The third kappa shape index (κ3) is 41.0. The van der Waals surface area contributed by atoms with Crippen molar-refractivity contribution in [2.24, 2.45) is 5.73 Å². The van der Waals surface area contributed by atoms with E-state index in [1.165, 1.54) is 13.8 Å². The van der Waals surface area contributed by atoms with Gasteiger partial charge in [-0.3, -0.25) is 9.59 Å². The minimum atomic E-state index is -1.29. The molecule has 10 atom stereocenters. The summed E-state index contributed by atoms with van der Waals surface area (Å²) in [5, 5.41) is 107. The maximum Gasteiger partial charge on any atom is 0.408 e. The number of carbonyl (C=O) groups excluding carboxylic acids is 6. The van der Waals surface area contributed by atoms with Crippen LogP contribution in [0.1, 0.15) is 171 Å². The third-order valence-electron chi connectivity index (χ3n) is 15.7. The molecule has 10 aromatic rings. The molecule has 0 saturated carbocycles. The first kappa shape index (κ1) is 102. The maximum atomic E-state index is 12.3. The minimum Gasteiger partial charge on any atom is -0.476 e. The lowest BCUT2D eigenvalue weighted by Crippen LogP contribution is -2.47. The Bertz CT molecular complexity index is 4810. The van der Waals surface area contributed by atoms with E-state index in [1.54, 1.807) is 89.2 Å². The Balaban J connectivity index is 0.000000312. The highest BCUT2D eigenvalue weighted by molar-refractivity contribution is 6.99. The zero-order chi connectivity index (χ0) is 90.0. The average molecular weight is 1740 g/mol. The number of esters is 2. The number of aromatic amines is 3. The number of rotatable bonds is 26. The Hall–Kier alpha value is -13.3. The van der Waals surface area contributed by atoms with E-state index in [-0.39, 0.29) is 35.6 Å². The van der Waals surface area contributed by atoms with Crippen molar-refractivity contribution >= 4 is 66.4 Å². The van der Waals surface area contributed by atoms with Crippen LogP contribution in [0.25, 0.3) is 11.3 Å². The lowest BCUT2D eigenvalue weighted by atomic mass is 10.0. The molecule has 4 aromatic heterocycles. The summed E-state index contributed by atoms with van der Waals surface area (Å²) in [6.07, 6.45) is -5.82. The van der Waals surface area contributed by atoms with E-state index in [9.17, 15) is 54.1 Å². The number of nitrogens with zero attached hydrogens (tertiary/aromatic N) is 13. The van der Waals surface area contributed by atoms with Crippen LogP contribution in [0, 0.1) is 22.7 Å². The predicted octanol–water partition coefficient (Wildman–Crippen LogP) is 10.0. The SMILES string of the molecule is CC(=O)OC(C#N)C(Cc1ccccc1)NC(=O)OC(C)(C)C.CC(=O)OC(c1nn[nH]n1)C(Cc1ccccc1)NC(=O)OC(C)(C)C.CC(C)(C)OC(=O)NC(Cc1ccccc1)C(O)C#N.CC(C)(C)OC(=O)NC(Cc1ccccc1)C(O)c1nn[nH]n1.Cl.NC(Cc1ccccc1)C(O)c1nn[nH]n1.O=C(O)c1nsnc1-c1ccccc1. The van der Waals surface area contributed by atoms with Gasteiger partial charge in [0.15, 0.2) is 17.9 Å². The van der Waals surface area contributed by atoms with Gasteiger partial charge in [-0.25, -0.2) is 24.0 Å². The molecule has 10 rings (SSSR count). The Labute approximate surface area is 721 Å². The Morgan fingerprint density at radius 2 is 0.748 bits per heavy atom. The molecule has 13 N–H and O–H groups in total. The topological polar surface area (TPSA) is 567 Å². The summed E-state index contributed by atoms with van der Waals surface area (Å²) in [4.78, 5) is 81.5. The van der Waals surface area contributed by atoms with Gasteiger partial charge in [0.1, 0.15) is 46.4 Å². The highest BCUT2D eigenvalue weighted by Gasteiger charge is 2.35. The first-order chi connectivity index (χ1) is 57.7. The van der Waals surface area contributed by atoms with Gasteiger partial charge in [-0.05, 0) is 143 Å². The summed E-state index contributed by atoms with van der Waals surface area (Å²) >= 11 is 0.909. The lowest BCUT2D eigenvalue weighted by molar-refractivity contribution is -0.149. The van der Waals surface area contributed by atoms with Crippen LogP contribution < -0.4 is 27.0 Å². The molecule has 0 aliphatic heterocycles. The van der Waals surface area contributed by atoms with E-state index < -0.39 is 125 Å². The average Bonchev–Trinajstić information content (AvgIpc) is 1.78. The van der Waals surface area contributed by atoms with E-state index in [2.05, 4.69) is 91.9 Å². The number of hydrogen-bond acceptors (Lipinski definition) is 31. The number of carboxylic acids is 1. The number of aliphatic hydroxyl groups is 3. The van der Waals surface area contributed by atoms with E-state index in [0.717, 1.165) is 45.1 Å². The number of nitriles is 2. The summed E-state index contributed by atoms with van der Waals surface area (Å²) in [5.41, 5.74) is 9.30. The monoisotopic (exact) mass is 1740 g/mol. The second-order valence-corrected chi connectivity index (χ2v) is 31.2. The molecule has 123 heavy (non-hydrogen) atoms. The number of aromatic carboxylic acids is 1. The van der Waals surface area contributed by atoms with E-state index in [4.69, 9.17) is 44.5 Å². The molecule has 0 aliphatic carbocycles. The number of nitrogens with two attached hydrogens (primary N) is 1. The Kier molecular flexibility index (Phi) is 42.6. The van der Waals surface area contributed by atoms with Crippen LogP contribution in [0.15, 0.2) is 182 Å². The van der Waals surface area contributed by atoms with Crippen LogP contribution in [0.2, 0.25) is 0 Å². The number of carboxylic acid groups (broad SMARTS) is 1. The normalized spacial score (nSPS) is 13.3. The van der Waals surface area contributed by atoms with Gasteiger partial charge in [0, 0.05) is 25.5 Å². The molecule has 0 aliphatic rings. The highest BCUT2D eigenvalue weighted by atomic mass is 35.5. The summed E-state index contributed by atoms with van der Waals surface area (Å²) in [7, 11) is 0. The zero-order valence-electron chi connectivity index (χ0n) is 70.4. The number of aromatic nitrogens is 14. The van der Waals surface area contributed by atoms with Crippen molar-refractivity contribution in [1.29, 1.82) is 10.5 Å². The Morgan fingerprint density at radius 3 is 1.09 bits per heavy atom. The van der Waals surface area contributed by atoms with E-state index >= 15 is 0 Å². The van der Waals surface area contributed by atoms with Crippen LogP contribution >= 0.6 is 24.1 Å². The van der Waals surface area contributed by atoms with Crippen molar-refractivity contribution in [3.8, 4) is 23.4 Å². The van der Waals surface area contributed by atoms with Crippen molar-refractivity contribution < 1.29 is 82.4 Å². The van der Waals surface area contributed by atoms with Gasteiger partial charge in [-0.2, -0.15) is 34.9 Å². The summed E-state index contributed by atoms with van der Waals surface area (Å²) in [6.45, 7) is 23.6. The van der Waals surface area contributed by atoms with Crippen LogP contribution in [-0.4, -0.2) is 198 Å². The van der Waals surface area contributed by atoms with Crippen molar-refractivity contribution in [3.63, 3.8) is 0 Å². The van der Waals surface area contributed by atoms with Gasteiger partial charge >= 0.3 is 42.3 Å². The molecule has 0 radical (unpaired) electrons. The number of halogens is 1. The standard InChI is InChI=1S/C17H23N5O4.C17H22N2O4.C15H21N5O3.C15H20N2O3.C10H13N5O.C9H6N2O2S.ClH/c1-11(23)25-14(15-19-21-22-20-15)13(10-12-8-6-5-7-9-12)18-16(24)26-17(2,3)4;1-12(20)22-15(11-18)14(10-13-8-6-5-7-9-13)19-16(21)23-17(2,3)4;1-15(2,3)23-14(22)16-11(9-10-7-5-4-6-8-10)12(21)13-17-19-20-18-13;1-15(2,3)20-14(19)17-12(13(18)10-16)9-11-7-5-4-6-8-11;11-8(6-7-4-2-1-3-5-7)9(16)10-12-14-15-13-10;12-9(13)8-7(10-14-11-8)6-4-2-1-3-5-6;/h5-9,13-14H,10H2,1-4H3,(H,18,24)(H,19,20,21,22);5-9,14-15H,10H2,1-4H3,(H,19,21);4-8,11-12,21H,9H2,1-3H3,(H,16,22)(H,17,18,19,20);4-8,12-13,18H,9H2,1-3H3,(H,17,19);1-5,8-9,16H,6,11H2,(H,12,13,14,15);1-5H,(H,12,13);1H. The quantitative estimate of drug-likeness (QED) is 0.0136. The fourth-order valence-corrected chi connectivity index (χ4v) is 11.1. The number of ether oxygens (including phenoxy) is 6. The number of carbonyl (C=O) groups is 7. The Morgan fingerprint density at radius 1 is 0.431 bits per heavy atom. The molecule has 0 bridgehead atoms. The molecule has 40 heteroatoms. The molecule has 38 nitrogen and oxygen atoms in total. The van der Waals surface area contributed by atoms with Crippen LogP contribution in [0.3, 0.4) is 0 Å². The number of tetrazole rings is 3. The summed E-state index contributed by atoms with van der Waals surface area (Å²) < 4.78 is 38.9. The van der Waals surface area contributed by atoms with Crippen molar-refractivity contribution in [1.82, 2.24) is 91.9 Å². The predicted molar refractivity (Wildman–Crippen MR) is 451 cm³/mol. The van der Waals surface area contributed by atoms with Crippen LogP contribution in [0.4, 0.5) is 19.2 Å². The number of benzene rings is 6. The van der Waals surface area contributed by atoms with Gasteiger partial charge in [0.2, 0.25) is 23.6 Å². The molecular weight excluding hydrogens is 1630 g/mol. The first-order valence-corrected chi connectivity index (χ1v) is 38.8. The number of amides is 4. The number of hydrogen-bond donors (Lipinski definition) is 12. The van der Waals surface area contributed by atoms with Crippen molar-refractivity contribution in [2.45, 2.75) is 212 Å². The molecule has 0 saturated heterocycles. The van der Waals surface area contributed by atoms with Gasteiger partial charge in [0.05, 0.1) is 42.0 Å². The third-order valence-corrected chi connectivity index (χ3v) is 16.2. The van der Waals surface area contributed by atoms with Gasteiger partial charge in [-0.1, -0.05) is 198 Å². The van der Waals surface area contributed by atoms with E-state index in [0.29, 0.717) is 37.8 Å². The van der Waals surface area contributed by atoms with Crippen LogP contribution in [0.5, 0.6) is 0 Å². The van der Waals surface area contributed by atoms with E-state index in [1.807, 2.05) is 188 Å². The van der Waals surface area contributed by atoms with Gasteiger partial charge in [0.25, 0.3) is 0 Å². The molecule has 0 fully saturated rings. The highest BCUT2D eigenvalue weighted by Crippen LogP contribution is 2.25. The van der Waals surface area contributed by atoms with Crippen molar-refractivity contribution in [2.75, 3.05) is 0 Å². The van der Waals surface area contributed by atoms with Gasteiger partial charge in [-0.15, -0.1) is 43.0 Å². The fourth-order valence-electron chi connectivity index (χ4n) is 10.6. The largest absolute Gasteiger partial charge is 0.476 e. The summed E-state index contributed by atoms with van der Waals surface area (Å²) in [6, 6.07) is 57.0. The smallest absolute Gasteiger partial charge is 0.408 e. The number of nitrogens with one attached hydrogen (secondary N) is 7. The number of alkyl carbamates (subject to hydrolysis) is 4. The molecule has 658 valence electrons. The first-order valence-electron chi connectivity index (χ1n) is 38.1.